The molecule has 0 atom stereocenters. The van der Waals surface area contributed by atoms with Crippen molar-refractivity contribution in [3.63, 3.8) is 0 Å². The average molecular weight is 416 g/mol. The minimum absolute atomic E-state index is 0.232. The minimum atomic E-state index is -0.467. The van der Waals surface area contributed by atoms with Crippen LogP contribution in [-0.2, 0) is 6.42 Å². The Hall–Kier alpha value is -3.94. The van der Waals surface area contributed by atoms with Crippen molar-refractivity contribution in [3.05, 3.63) is 77.8 Å². The molecule has 3 aromatic heterocycles. The number of halogens is 1. The van der Waals surface area contributed by atoms with Crippen LogP contribution < -0.4 is 10.6 Å². The zero-order chi connectivity index (χ0) is 21.8. The van der Waals surface area contributed by atoms with E-state index in [1.54, 1.807) is 12.3 Å². The number of aromatic nitrogens is 4. The van der Waals surface area contributed by atoms with Crippen LogP contribution in [0.1, 0.15) is 21.6 Å². The van der Waals surface area contributed by atoms with Crippen LogP contribution >= 0.6 is 0 Å². The molecular formula is C23H21FN6O. The van der Waals surface area contributed by atoms with E-state index in [-0.39, 0.29) is 16.9 Å². The third kappa shape index (κ3) is 4.32. The molecular weight excluding hydrogens is 395 g/mol. The zero-order valence-electron chi connectivity index (χ0n) is 17.2. The first-order valence-electron chi connectivity index (χ1n) is 9.84. The zero-order valence-corrected chi connectivity index (χ0v) is 17.2. The van der Waals surface area contributed by atoms with Gasteiger partial charge in [-0.25, -0.2) is 14.4 Å². The van der Waals surface area contributed by atoms with Gasteiger partial charge in [-0.3, -0.25) is 14.8 Å². The molecule has 1 amide bonds. The van der Waals surface area contributed by atoms with Gasteiger partial charge >= 0.3 is 0 Å². The Morgan fingerprint density at radius 3 is 2.71 bits per heavy atom. The van der Waals surface area contributed by atoms with Crippen molar-refractivity contribution in [2.24, 2.45) is 0 Å². The molecule has 0 unspecified atom stereocenters. The minimum Gasteiger partial charge on any atom is -0.370 e. The number of nitrogens with zero attached hydrogens (tertiary/aromatic N) is 4. The number of anilines is 1. The molecule has 0 spiro atoms. The topological polar surface area (TPSA) is 92.7 Å². The molecule has 7 nitrogen and oxygen atoms in total. The van der Waals surface area contributed by atoms with Crippen LogP contribution in [0.15, 0.2) is 55.1 Å². The Bertz CT molecular complexity index is 1240. The summed E-state index contributed by atoms with van der Waals surface area (Å²) in [6.07, 6.45) is 5.38. The lowest BCUT2D eigenvalue weighted by Gasteiger charge is -2.11. The van der Waals surface area contributed by atoms with Gasteiger partial charge in [-0.2, -0.15) is 0 Å². The third-order valence-corrected chi connectivity index (χ3v) is 4.97. The third-order valence-electron chi connectivity index (χ3n) is 4.97. The second kappa shape index (κ2) is 8.83. The summed E-state index contributed by atoms with van der Waals surface area (Å²) in [5.41, 5.74) is 4.21. The first kappa shape index (κ1) is 20.3. The SMILES string of the molecule is CNC(=O)c1ccnc2c(CCNc3cc(-c4ccc(C)nc4)ncn3)ccc(F)c12. The van der Waals surface area contributed by atoms with Crippen molar-refractivity contribution in [2.75, 3.05) is 18.9 Å². The van der Waals surface area contributed by atoms with Crippen LogP contribution in [0.3, 0.4) is 0 Å². The number of carbonyl (C=O) groups excluding carboxylic acids is 1. The fourth-order valence-electron chi connectivity index (χ4n) is 3.37. The van der Waals surface area contributed by atoms with Gasteiger partial charge in [0, 0.05) is 48.7 Å². The number of hydrogen-bond acceptors (Lipinski definition) is 6. The van der Waals surface area contributed by atoms with Gasteiger partial charge in [0.2, 0.25) is 0 Å². The quantitative estimate of drug-likeness (QED) is 0.499. The molecule has 0 bridgehead atoms. The molecule has 8 heteroatoms. The summed E-state index contributed by atoms with van der Waals surface area (Å²) >= 11 is 0. The average Bonchev–Trinajstić information content (AvgIpc) is 2.80. The summed E-state index contributed by atoms with van der Waals surface area (Å²) in [5, 5.41) is 6.04. The smallest absolute Gasteiger partial charge is 0.251 e. The van der Waals surface area contributed by atoms with Crippen LogP contribution in [0.25, 0.3) is 22.2 Å². The first-order chi connectivity index (χ1) is 15.1. The molecule has 0 fully saturated rings. The van der Waals surface area contributed by atoms with Crippen LogP contribution in [0.4, 0.5) is 10.2 Å². The second-order valence-corrected chi connectivity index (χ2v) is 7.02. The van der Waals surface area contributed by atoms with Gasteiger partial charge in [-0.15, -0.1) is 0 Å². The summed E-state index contributed by atoms with van der Waals surface area (Å²) in [6.45, 7) is 2.48. The number of benzene rings is 1. The number of hydrogen-bond donors (Lipinski definition) is 2. The molecule has 0 aliphatic carbocycles. The summed E-state index contributed by atoms with van der Waals surface area (Å²) in [7, 11) is 1.52. The maximum atomic E-state index is 14.5. The van der Waals surface area contributed by atoms with Gasteiger partial charge in [0.15, 0.2) is 0 Å². The highest BCUT2D eigenvalue weighted by atomic mass is 19.1. The van der Waals surface area contributed by atoms with Crippen molar-refractivity contribution in [2.45, 2.75) is 13.3 Å². The molecule has 0 aliphatic rings. The highest BCUT2D eigenvalue weighted by molar-refractivity contribution is 6.06. The molecule has 0 saturated heterocycles. The van der Waals surface area contributed by atoms with Crippen molar-refractivity contribution < 1.29 is 9.18 Å². The van der Waals surface area contributed by atoms with Gasteiger partial charge in [0.25, 0.3) is 5.91 Å². The van der Waals surface area contributed by atoms with E-state index in [0.29, 0.717) is 24.3 Å². The van der Waals surface area contributed by atoms with E-state index >= 15 is 0 Å². The van der Waals surface area contributed by atoms with Gasteiger partial charge in [-0.1, -0.05) is 6.07 Å². The van der Waals surface area contributed by atoms with E-state index in [1.807, 2.05) is 25.1 Å². The number of aryl methyl sites for hydroxylation is 1. The lowest BCUT2D eigenvalue weighted by atomic mass is 10.0. The Morgan fingerprint density at radius 2 is 1.94 bits per heavy atom. The van der Waals surface area contributed by atoms with Gasteiger partial charge in [0.05, 0.1) is 16.8 Å². The van der Waals surface area contributed by atoms with Crippen molar-refractivity contribution in [3.8, 4) is 11.3 Å². The summed E-state index contributed by atoms with van der Waals surface area (Å²) in [4.78, 5) is 29.3. The number of rotatable bonds is 6. The van der Waals surface area contributed by atoms with E-state index in [9.17, 15) is 9.18 Å². The second-order valence-electron chi connectivity index (χ2n) is 7.02. The van der Waals surface area contributed by atoms with E-state index in [4.69, 9.17) is 0 Å². The Labute approximate surface area is 178 Å². The standard InChI is InChI=1S/C23H21FN6O/c1-14-3-4-16(12-28-14)19-11-20(30-13-29-19)26-9-7-15-5-6-18(24)21-17(23(31)25-2)8-10-27-22(15)21/h3-6,8,10-13H,7,9H2,1-2H3,(H,25,31)(H,26,29,30). The van der Waals surface area contributed by atoms with Gasteiger partial charge < -0.3 is 10.6 Å². The number of amides is 1. The fourth-order valence-corrected chi connectivity index (χ4v) is 3.37. The summed E-state index contributed by atoms with van der Waals surface area (Å²) in [6, 6.07) is 10.4. The van der Waals surface area contributed by atoms with Crippen molar-refractivity contribution >= 4 is 22.6 Å². The summed E-state index contributed by atoms with van der Waals surface area (Å²) in [5.74, 6) is -0.137. The number of fused-ring (bicyclic) bond motifs is 1. The molecule has 0 aliphatic heterocycles. The number of pyridine rings is 2. The highest BCUT2D eigenvalue weighted by Gasteiger charge is 2.15. The predicted octanol–water partition coefficient (Wildman–Crippen LogP) is 3.55. The van der Waals surface area contributed by atoms with Crippen molar-refractivity contribution in [1.82, 2.24) is 25.3 Å². The van der Waals surface area contributed by atoms with Crippen molar-refractivity contribution in [1.29, 1.82) is 0 Å². The van der Waals surface area contributed by atoms with Crippen LogP contribution in [0, 0.1) is 12.7 Å². The Balaban J connectivity index is 1.53. The Morgan fingerprint density at radius 1 is 1.06 bits per heavy atom. The normalized spacial score (nSPS) is 10.8. The maximum absolute atomic E-state index is 14.5. The lowest BCUT2D eigenvalue weighted by molar-refractivity contribution is 0.0964. The van der Waals surface area contributed by atoms with E-state index in [2.05, 4.69) is 30.6 Å². The van der Waals surface area contributed by atoms with Crippen LogP contribution in [-0.4, -0.2) is 39.4 Å². The van der Waals surface area contributed by atoms with Crippen LogP contribution in [0.2, 0.25) is 0 Å². The lowest BCUT2D eigenvalue weighted by Crippen LogP contribution is -2.18. The molecule has 4 aromatic rings. The maximum Gasteiger partial charge on any atom is 0.251 e. The van der Waals surface area contributed by atoms with E-state index in [1.165, 1.54) is 31.7 Å². The van der Waals surface area contributed by atoms with Gasteiger partial charge in [-0.05, 0) is 43.2 Å². The largest absolute Gasteiger partial charge is 0.370 e. The fraction of sp³-hybridized carbons (Fsp3) is 0.174. The molecule has 156 valence electrons. The first-order valence-corrected chi connectivity index (χ1v) is 9.84. The van der Waals surface area contributed by atoms with E-state index < -0.39 is 5.82 Å². The summed E-state index contributed by atoms with van der Waals surface area (Å²) < 4.78 is 14.5. The molecule has 3 heterocycles. The Kier molecular flexibility index (Phi) is 5.79. The predicted molar refractivity (Wildman–Crippen MR) is 117 cm³/mol. The number of carbonyl (C=O) groups is 1. The molecule has 31 heavy (non-hydrogen) atoms. The van der Waals surface area contributed by atoms with Gasteiger partial charge in [0.1, 0.15) is 18.0 Å². The number of nitrogens with one attached hydrogen (secondary N) is 2. The highest BCUT2D eigenvalue weighted by Crippen LogP contribution is 2.24. The molecule has 0 saturated carbocycles. The molecule has 0 radical (unpaired) electrons. The van der Waals surface area contributed by atoms with E-state index in [0.717, 1.165) is 22.5 Å². The monoisotopic (exact) mass is 416 g/mol. The molecule has 2 N–H and O–H groups in total. The molecule has 1 aromatic carbocycles. The van der Waals surface area contributed by atoms with Crippen LogP contribution in [0.5, 0.6) is 0 Å². The molecule has 4 rings (SSSR count).